The molecular weight excluding hydrogens is 392 g/mol. The lowest BCUT2D eigenvalue weighted by atomic mass is 10.1. The van der Waals surface area contributed by atoms with Crippen LogP contribution < -0.4 is 5.32 Å². The number of nitrogens with one attached hydrogen (secondary N) is 1. The van der Waals surface area contributed by atoms with E-state index in [-0.39, 0.29) is 16.9 Å². The molecule has 0 aromatic heterocycles. The van der Waals surface area contributed by atoms with Gasteiger partial charge in [0.1, 0.15) is 5.75 Å². The fourth-order valence-electron chi connectivity index (χ4n) is 2.32. The molecule has 140 valence electrons. The average molecular weight is 407 g/mol. The SMILES string of the molecule is O=C1N/C(=N/N=C/c2ccc(O)cc2)SC1Cc1ccc(SC(F)F)cc1. The van der Waals surface area contributed by atoms with E-state index in [2.05, 4.69) is 15.5 Å². The summed E-state index contributed by atoms with van der Waals surface area (Å²) in [5.74, 6) is -2.45. The number of hydrogen-bond donors (Lipinski definition) is 2. The van der Waals surface area contributed by atoms with Crippen LogP contribution in [0.15, 0.2) is 63.6 Å². The Morgan fingerprint density at radius 1 is 1.19 bits per heavy atom. The van der Waals surface area contributed by atoms with Crippen LogP contribution in [0.4, 0.5) is 8.78 Å². The molecule has 2 aromatic carbocycles. The molecule has 2 aromatic rings. The predicted octanol–water partition coefficient (Wildman–Crippen LogP) is 3.87. The molecule has 1 fully saturated rings. The van der Waals surface area contributed by atoms with E-state index in [0.717, 1.165) is 11.1 Å². The van der Waals surface area contributed by atoms with Gasteiger partial charge in [0.2, 0.25) is 5.91 Å². The molecule has 2 N–H and O–H groups in total. The zero-order valence-corrected chi connectivity index (χ0v) is 15.5. The van der Waals surface area contributed by atoms with Gasteiger partial charge in [0, 0.05) is 4.90 Å². The standard InChI is InChI=1S/C18H15F2N3O2S2/c19-17(20)26-14-7-3-11(4-8-14)9-15-16(25)22-18(27-15)23-21-10-12-1-5-13(24)6-2-12/h1-8,10,15,17,24H,9H2,(H,22,23,25)/b21-10+. The van der Waals surface area contributed by atoms with Gasteiger partial charge in [-0.05, 0) is 53.9 Å². The average Bonchev–Trinajstić information content (AvgIpc) is 2.97. The zero-order chi connectivity index (χ0) is 19.2. The maximum Gasteiger partial charge on any atom is 0.288 e. The van der Waals surface area contributed by atoms with Crippen LogP contribution in [0.25, 0.3) is 0 Å². The van der Waals surface area contributed by atoms with E-state index in [0.29, 0.717) is 28.2 Å². The van der Waals surface area contributed by atoms with Crippen molar-refractivity contribution in [3.8, 4) is 5.75 Å². The summed E-state index contributed by atoms with van der Waals surface area (Å²) in [6.07, 6.45) is 1.99. The molecule has 1 amide bonds. The number of phenols is 1. The minimum atomic E-state index is -2.45. The number of nitrogens with zero attached hydrogens (tertiary/aromatic N) is 2. The number of amides is 1. The molecule has 1 aliphatic rings. The van der Waals surface area contributed by atoms with Crippen molar-refractivity contribution in [3.63, 3.8) is 0 Å². The lowest BCUT2D eigenvalue weighted by Gasteiger charge is -2.06. The van der Waals surface area contributed by atoms with Crippen LogP contribution in [-0.4, -0.2) is 33.4 Å². The first kappa shape index (κ1) is 19.4. The highest BCUT2D eigenvalue weighted by Gasteiger charge is 2.30. The maximum absolute atomic E-state index is 12.3. The first-order chi connectivity index (χ1) is 13.0. The van der Waals surface area contributed by atoms with Gasteiger partial charge in [-0.15, -0.1) is 5.10 Å². The largest absolute Gasteiger partial charge is 0.508 e. The van der Waals surface area contributed by atoms with Crippen molar-refractivity contribution in [2.75, 3.05) is 0 Å². The third kappa shape index (κ3) is 5.80. The number of halogens is 2. The number of thioether (sulfide) groups is 2. The second-order valence-corrected chi connectivity index (χ2v) is 7.82. The second-order valence-electron chi connectivity index (χ2n) is 5.56. The number of aromatic hydroxyl groups is 1. The van der Waals surface area contributed by atoms with E-state index >= 15 is 0 Å². The van der Waals surface area contributed by atoms with Gasteiger partial charge < -0.3 is 10.4 Å². The minimum absolute atomic E-state index is 0.162. The molecule has 0 bridgehead atoms. The Labute approximate surface area is 163 Å². The van der Waals surface area contributed by atoms with Crippen LogP contribution in [0.1, 0.15) is 11.1 Å². The fourth-order valence-corrected chi connectivity index (χ4v) is 3.78. The number of rotatable bonds is 6. The van der Waals surface area contributed by atoms with E-state index in [1.807, 2.05) is 0 Å². The Balaban J connectivity index is 1.57. The van der Waals surface area contributed by atoms with Crippen LogP contribution in [0.3, 0.4) is 0 Å². The van der Waals surface area contributed by atoms with E-state index in [1.54, 1.807) is 48.5 Å². The Morgan fingerprint density at radius 3 is 2.56 bits per heavy atom. The van der Waals surface area contributed by atoms with Crippen LogP contribution in [0.5, 0.6) is 5.75 Å². The molecule has 5 nitrogen and oxygen atoms in total. The Bertz CT molecular complexity index is 856. The number of carbonyl (C=O) groups excluding carboxylic acids is 1. The number of amidine groups is 1. The van der Waals surface area contributed by atoms with Crippen LogP contribution in [0, 0.1) is 0 Å². The van der Waals surface area contributed by atoms with Crippen LogP contribution in [0.2, 0.25) is 0 Å². The van der Waals surface area contributed by atoms with Gasteiger partial charge >= 0.3 is 0 Å². The lowest BCUT2D eigenvalue weighted by Crippen LogP contribution is -2.25. The van der Waals surface area contributed by atoms with Gasteiger partial charge in [-0.2, -0.15) is 13.9 Å². The number of alkyl halides is 2. The summed E-state index contributed by atoms with van der Waals surface area (Å²) in [6.45, 7) is 0. The smallest absolute Gasteiger partial charge is 0.288 e. The summed E-state index contributed by atoms with van der Waals surface area (Å²) >= 11 is 1.77. The molecule has 9 heteroatoms. The van der Waals surface area contributed by atoms with Crippen molar-refractivity contribution in [2.24, 2.45) is 10.2 Å². The fraction of sp³-hybridized carbons (Fsp3) is 0.167. The molecule has 0 spiro atoms. The summed E-state index contributed by atoms with van der Waals surface area (Å²) in [5, 5.41) is 19.9. The van der Waals surface area contributed by atoms with Crippen molar-refractivity contribution in [3.05, 3.63) is 59.7 Å². The van der Waals surface area contributed by atoms with Crippen molar-refractivity contribution in [1.29, 1.82) is 0 Å². The highest BCUT2D eigenvalue weighted by Crippen LogP contribution is 2.27. The summed E-state index contributed by atoms with van der Waals surface area (Å²) < 4.78 is 24.7. The molecule has 1 unspecified atom stereocenters. The Hall–Kier alpha value is -2.39. The maximum atomic E-state index is 12.3. The minimum Gasteiger partial charge on any atom is -0.508 e. The highest BCUT2D eigenvalue weighted by molar-refractivity contribution is 8.15. The summed E-state index contributed by atoms with van der Waals surface area (Å²) in [4.78, 5) is 12.6. The summed E-state index contributed by atoms with van der Waals surface area (Å²) in [7, 11) is 0. The lowest BCUT2D eigenvalue weighted by molar-refractivity contribution is -0.118. The number of hydrogen-bond acceptors (Lipinski definition) is 6. The third-order valence-corrected chi connectivity index (χ3v) is 5.39. The van der Waals surface area contributed by atoms with Gasteiger partial charge in [-0.3, -0.25) is 4.79 Å². The normalized spacial score (nSPS) is 18.6. The van der Waals surface area contributed by atoms with Crippen molar-refractivity contribution < 1.29 is 18.7 Å². The molecule has 3 rings (SSSR count). The Morgan fingerprint density at radius 2 is 1.89 bits per heavy atom. The summed E-state index contributed by atoms with van der Waals surface area (Å²) in [6, 6.07) is 13.2. The predicted molar refractivity (Wildman–Crippen MR) is 105 cm³/mol. The van der Waals surface area contributed by atoms with Gasteiger partial charge in [0.25, 0.3) is 5.76 Å². The van der Waals surface area contributed by atoms with Gasteiger partial charge in [-0.25, -0.2) is 0 Å². The van der Waals surface area contributed by atoms with Crippen LogP contribution >= 0.6 is 23.5 Å². The first-order valence-electron chi connectivity index (χ1n) is 7.91. The first-order valence-corrected chi connectivity index (χ1v) is 9.67. The number of benzene rings is 2. The number of phenolic OH excluding ortho intramolecular Hbond substituents is 1. The Kier molecular flexibility index (Phi) is 6.46. The monoisotopic (exact) mass is 407 g/mol. The molecule has 1 aliphatic heterocycles. The van der Waals surface area contributed by atoms with Crippen LogP contribution in [-0.2, 0) is 11.2 Å². The molecule has 1 saturated heterocycles. The molecule has 1 heterocycles. The van der Waals surface area contributed by atoms with Crippen molar-refractivity contribution in [2.45, 2.75) is 22.3 Å². The zero-order valence-electron chi connectivity index (χ0n) is 13.9. The molecular formula is C18H15F2N3O2S2. The molecule has 1 atom stereocenters. The van der Waals surface area contributed by atoms with Crippen molar-refractivity contribution in [1.82, 2.24) is 5.32 Å². The topological polar surface area (TPSA) is 74.0 Å². The van der Waals surface area contributed by atoms with E-state index in [9.17, 15) is 18.7 Å². The van der Waals surface area contributed by atoms with Gasteiger partial charge in [0.05, 0.1) is 11.5 Å². The third-order valence-electron chi connectivity index (χ3n) is 3.59. The van der Waals surface area contributed by atoms with Gasteiger partial charge in [0.15, 0.2) is 5.17 Å². The van der Waals surface area contributed by atoms with E-state index in [1.165, 1.54) is 18.0 Å². The van der Waals surface area contributed by atoms with E-state index < -0.39 is 5.76 Å². The van der Waals surface area contributed by atoms with Gasteiger partial charge in [-0.1, -0.05) is 35.7 Å². The summed E-state index contributed by atoms with van der Waals surface area (Å²) in [5.41, 5.74) is 1.65. The second kappa shape index (κ2) is 9.01. The number of carbonyl (C=O) groups is 1. The quantitative estimate of drug-likeness (QED) is 0.433. The molecule has 0 radical (unpaired) electrons. The highest BCUT2D eigenvalue weighted by atomic mass is 32.2. The molecule has 0 saturated carbocycles. The molecule has 0 aliphatic carbocycles. The molecule has 27 heavy (non-hydrogen) atoms. The van der Waals surface area contributed by atoms with Crippen molar-refractivity contribution >= 4 is 40.8 Å². The van der Waals surface area contributed by atoms with E-state index in [4.69, 9.17) is 0 Å².